The maximum absolute atomic E-state index is 13.4. The van der Waals surface area contributed by atoms with Crippen LogP contribution in [0.15, 0.2) is 95.6 Å². The lowest BCUT2D eigenvalue weighted by atomic mass is 9.95. The molecule has 0 spiro atoms. The number of benzene rings is 3. The molecule has 6 nitrogen and oxygen atoms in total. The number of para-hydroxylation sites is 1. The molecule has 0 fully saturated rings. The number of nitrogens with zero attached hydrogens (tertiary/aromatic N) is 3. The van der Waals surface area contributed by atoms with Gasteiger partial charge in [-0.1, -0.05) is 60.2 Å². The monoisotopic (exact) mass is 423 g/mol. The van der Waals surface area contributed by atoms with Gasteiger partial charge in [0.05, 0.1) is 21.9 Å². The zero-order chi connectivity index (χ0) is 22.7. The summed E-state index contributed by atoms with van der Waals surface area (Å²) in [6.45, 7) is 3.83. The first-order valence-electron chi connectivity index (χ1n) is 10.1. The molecule has 0 aromatic heterocycles. The summed E-state index contributed by atoms with van der Waals surface area (Å²) in [5.74, 6) is -0.197. The Morgan fingerprint density at radius 3 is 2.22 bits per heavy atom. The number of hydrogen-bond acceptors (Lipinski definition) is 4. The van der Waals surface area contributed by atoms with Gasteiger partial charge in [0.25, 0.3) is 11.6 Å². The second-order valence-corrected chi connectivity index (χ2v) is 7.47. The number of nitro benzene ring substituents is 1. The highest BCUT2D eigenvalue weighted by Crippen LogP contribution is 2.30. The summed E-state index contributed by atoms with van der Waals surface area (Å²) in [7, 11) is 0. The van der Waals surface area contributed by atoms with Crippen LogP contribution in [0, 0.1) is 17.0 Å². The summed E-state index contributed by atoms with van der Waals surface area (Å²) in [4.78, 5) is 23.9. The second kappa shape index (κ2) is 8.81. The van der Waals surface area contributed by atoms with Gasteiger partial charge in [-0.25, -0.2) is 0 Å². The summed E-state index contributed by atoms with van der Waals surface area (Å²) in [6, 6.07) is 23.5. The maximum Gasteiger partial charge on any atom is 0.281 e. The van der Waals surface area contributed by atoms with E-state index in [0.717, 1.165) is 22.3 Å². The number of amides is 1. The molecule has 4 rings (SSSR count). The summed E-state index contributed by atoms with van der Waals surface area (Å²) in [6.07, 6.45) is 3.71. The van der Waals surface area contributed by atoms with E-state index in [1.165, 1.54) is 17.1 Å². The van der Waals surface area contributed by atoms with Crippen LogP contribution < -0.4 is 5.01 Å². The van der Waals surface area contributed by atoms with Crippen LogP contribution in [0.2, 0.25) is 0 Å². The molecular weight excluding hydrogens is 402 g/mol. The molecule has 0 saturated carbocycles. The Hall–Kier alpha value is -4.32. The number of carbonyl (C=O) groups is 1. The van der Waals surface area contributed by atoms with Crippen LogP contribution in [-0.2, 0) is 4.79 Å². The van der Waals surface area contributed by atoms with Gasteiger partial charge in [0, 0.05) is 12.1 Å². The lowest BCUT2D eigenvalue weighted by molar-refractivity contribution is -0.384. The van der Waals surface area contributed by atoms with E-state index in [4.69, 9.17) is 0 Å². The smallest absolute Gasteiger partial charge is 0.267 e. The van der Waals surface area contributed by atoms with Crippen molar-refractivity contribution < 1.29 is 9.72 Å². The van der Waals surface area contributed by atoms with Gasteiger partial charge in [0.1, 0.15) is 0 Å². The number of hydrogen-bond donors (Lipinski definition) is 0. The van der Waals surface area contributed by atoms with Gasteiger partial charge < -0.3 is 0 Å². The van der Waals surface area contributed by atoms with Gasteiger partial charge in [-0.2, -0.15) is 10.1 Å². The molecule has 0 saturated heterocycles. The fraction of sp³-hybridized carbons (Fsp3) is 0.0769. The normalized spacial score (nSPS) is 15.2. The van der Waals surface area contributed by atoms with Gasteiger partial charge in [-0.3, -0.25) is 14.9 Å². The van der Waals surface area contributed by atoms with E-state index in [-0.39, 0.29) is 11.6 Å². The number of hydrazone groups is 1. The third-order valence-corrected chi connectivity index (χ3v) is 5.20. The predicted octanol–water partition coefficient (Wildman–Crippen LogP) is 5.79. The van der Waals surface area contributed by atoms with Crippen molar-refractivity contribution in [1.29, 1.82) is 0 Å². The van der Waals surface area contributed by atoms with E-state index in [1.54, 1.807) is 12.1 Å². The molecule has 0 N–H and O–H groups in total. The Morgan fingerprint density at radius 1 is 0.938 bits per heavy atom. The lowest BCUT2D eigenvalue weighted by Gasteiger charge is -2.13. The first kappa shape index (κ1) is 20.9. The number of carbonyl (C=O) groups excluding carboxylic acids is 1. The highest BCUT2D eigenvalue weighted by molar-refractivity contribution is 6.34. The van der Waals surface area contributed by atoms with Crippen LogP contribution in [0.1, 0.15) is 23.6 Å². The molecule has 0 unspecified atom stereocenters. The number of non-ortho nitro benzene ring substituents is 1. The molecule has 0 radical (unpaired) electrons. The number of rotatable bonds is 5. The molecule has 32 heavy (non-hydrogen) atoms. The largest absolute Gasteiger partial charge is 0.281 e. The van der Waals surface area contributed by atoms with Gasteiger partial charge in [0.15, 0.2) is 0 Å². The van der Waals surface area contributed by atoms with Crippen LogP contribution in [0.3, 0.4) is 0 Å². The highest BCUT2D eigenvalue weighted by atomic mass is 16.6. The van der Waals surface area contributed by atoms with E-state index in [2.05, 4.69) is 5.10 Å². The number of nitro groups is 1. The van der Waals surface area contributed by atoms with Gasteiger partial charge in [-0.15, -0.1) is 0 Å². The molecule has 3 aromatic carbocycles. The van der Waals surface area contributed by atoms with E-state index in [0.29, 0.717) is 17.0 Å². The van der Waals surface area contributed by atoms with Crippen LogP contribution in [0.5, 0.6) is 0 Å². The third-order valence-electron chi connectivity index (χ3n) is 5.20. The maximum atomic E-state index is 13.4. The van der Waals surface area contributed by atoms with E-state index < -0.39 is 4.92 Å². The Morgan fingerprint density at radius 2 is 1.59 bits per heavy atom. The average molecular weight is 423 g/mol. The third kappa shape index (κ3) is 4.25. The average Bonchev–Trinajstić information content (AvgIpc) is 3.10. The molecule has 0 bridgehead atoms. The van der Waals surface area contributed by atoms with Crippen molar-refractivity contribution >= 4 is 34.6 Å². The minimum Gasteiger partial charge on any atom is -0.267 e. The Kier molecular flexibility index (Phi) is 5.77. The van der Waals surface area contributed by atoms with Gasteiger partial charge >= 0.3 is 0 Å². The molecule has 1 amide bonds. The molecule has 0 aliphatic carbocycles. The predicted molar refractivity (Wildman–Crippen MR) is 127 cm³/mol. The molecule has 1 aliphatic rings. The summed E-state index contributed by atoms with van der Waals surface area (Å²) >= 11 is 0. The Bertz CT molecular complexity index is 1260. The van der Waals surface area contributed by atoms with Gasteiger partial charge in [0.2, 0.25) is 0 Å². The second-order valence-electron chi connectivity index (χ2n) is 7.47. The van der Waals surface area contributed by atoms with Crippen molar-refractivity contribution in [3.8, 4) is 0 Å². The van der Waals surface area contributed by atoms with Crippen molar-refractivity contribution in [2.75, 3.05) is 5.01 Å². The van der Waals surface area contributed by atoms with Crippen LogP contribution >= 0.6 is 0 Å². The number of allylic oxidation sites excluding steroid dienone is 2. The van der Waals surface area contributed by atoms with E-state index in [9.17, 15) is 14.9 Å². The fourth-order valence-electron chi connectivity index (χ4n) is 3.50. The standard InChI is InChI=1S/C26H21N3O3/c1-18-8-13-21(14-9-18)24(17-12-20-10-15-23(16-11-20)29(31)32)25-19(2)27-28(26(25)30)22-6-4-3-5-7-22/h3-17H,1-2H3/b17-12-,25-24+. The van der Waals surface area contributed by atoms with Crippen molar-refractivity contribution in [2.24, 2.45) is 5.10 Å². The summed E-state index contributed by atoms with van der Waals surface area (Å²) < 4.78 is 0. The molecule has 1 aliphatic heterocycles. The number of anilines is 1. The molecule has 158 valence electrons. The van der Waals surface area contributed by atoms with Crippen LogP contribution in [0.25, 0.3) is 11.6 Å². The summed E-state index contributed by atoms with van der Waals surface area (Å²) in [5, 5.41) is 16.8. The van der Waals surface area contributed by atoms with Crippen LogP contribution in [-0.4, -0.2) is 16.5 Å². The molecule has 3 aromatic rings. The van der Waals surface area contributed by atoms with Crippen molar-refractivity contribution in [1.82, 2.24) is 0 Å². The Labute approximate surface area is 186 Å². The van der Waals surface area contributed by atoms with E-state index >= 15 is 0 Å². The quantitative estimate of drug-likeness (QED) is 0.296. The highest BCUT2D eigenvalue weighted by Gasteiger charge is 2.31. The topological polar surface area (TPSA) is 75.8 Å². The molecule has 6 heteroatoms. The molecule has 1 heterocycles. The van der Waals surface area contributed by atoms with E-state index in [1.807, 2.05) is 80.6 Å². The zero-order valence-corrected chi connectivity index (χ0v) is 17.7. The minimum absolute atomic E-state index is 0.0340. The fourth-order valence-corrected chi connectivity index (χ4v) is 3.50. The zero-order valence-electron chi connectivity index (χ0n) is 17.7. The first-order valence-corrected chi connectivity index (χ1v) is 10.1. The Balaban J connectivity index is 1.78. The molecule has 0 atom stereocenters. The van der Waals surface area contributed by atoms with Crippen molar-refractivity contribution in [2.45, 2.75) is 13.8 Å². The first-order chi connectivity index (χ1) is 15.4. The minimum atomic E-state index is -0.428. The van der Waals surface area contributed by atoms with Crippen molar-refractivity contribution in [3.63, 3.8) is 0 Å². The lowest BCUT2D eigenvalue weighted by Crippen LogP contribution is -2.21. The number of aryl methyl sites for hydroxylation is 1. The molecular formula is C26H21N3O3. The SMILES string of the molecule is CC1=NN(c2ccccc2)C(=O)/C1=C(\C=C/c1ccc([N+](=O)[O-])cc1)c1ccc(C)cc1. The van der Waals surface area contributed by atoms with Crippen molar-refractivity contribution in [3.05, 3.63) is 117 Å². The van der Waals surface area contributed by atoms with Gasteiger partial charge in [-0.05, 0) is 54.8 Å². The summed E-state index contributed by atoms with van der Waals surface area (Å²) in [5.41, 5.74) is 5.43. The van der Waals surface area contributed by atoms with Crippen LogP contribution in [0.4, 0.5) is 11.4 Å².